The third kappa shape index (κ3) is 4.14. The molecule has 13 heteroatoms. The first-order valence-corrected chi connectivity index (χ1v) is 9.33. The summed E-state index contributed by atoms with van der Waals surface area (Å²) in [5.74, 6) is -2.41. The highest BCUT2D eigenvalue weighted by Gasteiger charge is 2.50. The molecule has 2 aliphatic rings. The number of hydrogen-bond donors (Lipinski definition) is 2. The highest BCUT2D eigenvalue weighted by molar-refractivity contribution is 8.19. The lowest BCUT2D eigenvalue weighted by molar-refractivity contribution is -0.137. The molecule has 2 saturated heterocycles. The van der Waals surface area contributed by atoms with Crippen LogP contribution in [0.15, 0.2) is 24.3 Å². The van der Waals surface area contributed by atoms with Crippen LogP contribution < -0.4 is 10.6 Å². The van der Waals surface area contributed by atoms with Crippen LogP contribution in [-0.4, -0.2) is 50.1 Å². The van der Waals surface area contributed by atoms with Crippen LogP contribution in [0, 0.1) is 0 Å². The molecule has 0 aromatic heterocycles. The molecule has 0 aliphatic carbocycles. The topological polar surface area (TPSA) is 113 Å². The maximum absolute atomic E-state index is 12.7. The van der Waals surface area contributed by atoms with E-state index in [1.54, 1.807) is 0 Å². The molecule has 8 nitrogen and oxygen atoms in total. The number of benzene rings is 1. The average Bonchev–Trinajstić information content (AvgIpc) is 3.07. The summed E-state index contributed by atoms with van der Waals surface area (Å²) >= 11 is 1.09. The summed E-state index contributed by atoms with van der Waals surface area (Å²) < 4.78 is 38.1. The van der Waals surface area contributed by atoms with Crippen LogP contribution in [0.1, 0.15) is 5.56 Å². The molecular formula is C15H10F3N3O5S2. The van der Waals surface area contributed by atoms with Crippen molar-refractivity contribution in [2.75, 3.05) is 11.9 Å². The number of anilines is 1. The molecule has 2 heterocycles. The molecule has 5 amide bonds. The summed E-state index contributed by atoms with van der Waals surface area (Å²) in [5, 5.41) is 0.507. The Labute approximate surface area is 163 Å². The second kappa shape index (κ2) is 7.47. The number of thioether (sulfide) groups is 2. The fraction of sp³-hybridized carbons (Fsp3) is 0.267. The molecule has 0 bridgehead atoms. The Morgan fingerprint density at radius 3 is 2.46 bits per heavy atom. The standard InChI is InChI=1S/C15H10F3N3O5S2/c16-15(17,18)6-2-1-3-7(4-6)19-8(22)5-21-12(24)10(28-14(21)26)9-11(23)20-13(25)27-9/h1-4,9-10H,5H2,(H,19,22)(H,20,23,25)/t9-,10+/m0/s1. The lowest BCUT2D eigenvalue weighted by atomic mass is 10.2. The summed E-state index contributed by atoms with van der Waals surface area (Å²) in [6.07, 6.45) is -4.59. The maximum atomic E-state index is 12.7. The van der Waals surface area contributed by atoms with Crippen molar-refractivity contribution in [3.63, 3.8) is 0 Å². The molecule has 0 radical (unpaired) electrons. The van der Waals surface area contributed by atoms with Crippen molar-refractivity contribution < 1.29 is 37.1 Å². The van der Waals surface area contributed by atoms with E-state index in [2.05, 4.69) is 5.32 Å². The zero-order chi connectivity index (χ0) is 20.6. The first-order chi connectivity index (χ1) is 13.1. The van der Waals surface area contributed by atoms with Crippen molar-refractivity contribution in [2.45, 2.75) is 16.7 Å². The number of hydrogen-bond acceptors (Lipinski definition) is 7. The fourth-order valence-electron chi connectivity index (χ4n) is 2.49. The zero-order valence-electron chi connectivity index (χ0n) is 13.6. The number of carbonyl (C=O) groups excluding carboxylic acids is 5. The van der Waals surface area contributed by atoms with E-state index < -0.39 is 57.0 Å². The minimum absolute atomic E-state index is 0.153. The number of halogens is 3. The third-order valence-corrected chi connectivity index (χ3v) is 6.10. The van der Waals surface area contributed by atoms with Crippen molar-refractivity contribution >= 4 is 57.4 Å². The van der Waals surface area contributed by atoms with Crippen molar-refractivity contribution in [1.82, 2.24) is 10.2 Å². The Bertz CT molecular complexity index is 892. The molecular weight excluding hydrogens is 423 g/mol. The van der Waals surface area contributed by atoms with Gasteiger partial charge in [-0.25, -0.2) is 0 Å². The van der Waals surface area contributed by atoms with E-state index in [9.17, 15) is 37.1 Å². The van der Waals surface area contributed by atoms with Crippen LogP contribution in [0.5, 0.6) is 0 Å². The van der Waals surface area contributed by atoms with Gasteiger partial charge in [0.25, 0.3) is 10.5 Å². The number of nitrogens with zero attached hydrogens (tertiary/aromatic N) is 1. The Hall–Kier alpha value is -2.54. The van der Waals surface area contributed by atoms with Gasteiger partial charge in [-0.1, -0.05) is 6.07 Å². The third-order valence-electron chi connectivity index (χ3n) is 3.73. The van der Waals surface area contributed by atoms with Gasteiger partial charge in [-0.2, -0.15) is 13.2 Å². The van der Waals surface area contributed by atoms with E-state index in [-0.39, 0.29) is 5.69 Å². The second-order valence-corrected chi connectivity index (χ2v) is 7.88. The summed E-state index contributed by atoms with van der Waals surface area (Å²) in [6, 6.07) is 3.87. The molecule has 2 N–H and O–H groups in total. The van der Waals surface area contributed by atoms with E-state index in [0.717, 1.165) is 12.1 Å². The van der Waals surface area contributed by atoms with Gasteiger partial charge >= 0.3 is 6.18 Å². The highest BCUT2D eigenvalue weighted by atomic mass is 32.2. The quantitative estimate of drug-likeness (QED) is 0.747. The van der Waals surface area contributed by atoms with Crippen molar-refractivity contribution in [2.24, 2.45) is 0 Å². The first-order valence-electron chi connectivity index (χ1n) is 7.57. The highest BCUT2D eigenvalue weighted by Crippen LogP contribution is 2.36. The Morgan fingerprint density at radius 2 is 1.86 bits per heavy atom. The minimum atomic E-state index is -4.59. The molecule has 0 spiro atoms. The van der Waals surface area contributed by atoms with Crippen LogP contribution in [0.25, 0.3) is 0 Å². The minimum Gasteiger partial charge on any atom is -0.325 e. The van der Waals surface area contributed by atoms with Gasteiger partial charge in [0.1, 0.15) is 17.0 Å². The smallest absolute Gasteiger partial charge is 0.325 e. The van der Waals surface area contributed by atoms with Crippen molar-refractivity contribution in [1.29, 1.82) is 0 Å². The molecule has 0 unspecified atom stereocenters. The summed E-state index contributed by atoms with van der Waals surface area (Å²) in [4.78, 5) is 60.0. The number of imide groups is 2. The zero-order valence-corrected chi connectivity index (χ0v) is 15.2. The number of nitrogens with one attached hydrogen (secondary N) is 2. The van der Waals surface area contributed by atoms with E-state index in [1.807, 2.05) is 5.32 Å². The van der Waals surface area contributed by atoms with Crippen LogP contribution >= 0.6 is 23.5 Å². The van der Waals surface area contributed by atoms with Crippen LogP contribution in [0.4, 0.5) is 28.4 Å². The van der Waals surface area contributed by atoms with E-state index in [0.29, 0.717) is 34.5 Å². The van der Waals surface area contributed by atoms with Gasteiger partial charge in [-0.15, -0.1) is 0 Å². The predicted octanol–water partition coefficient (Wildman–Crippen LogP) is 2.06. The Kier molecular flexibility index (Phi) is 5.39. The van der Waals surface area contributed by atoms with Crippen molar-refractivity contribution in [3.05, 3.63) is 29.8 Å². The number of carbonyl (C=O) groups is 5. The second-order valence-electron chi connectivity index (χ2n) is 5.67. The van der Waals surface area contributed by atoms with Crippen LogP contribution in [0.3, 0.4) is 0 Å². The molecule has 28 heavy (non-hydrogen) atoms. The van der Waals surface area contributed by atoms with Crippen molar-refractivity contribution in [3.8, 4) is 0 Å². The van der Waals surface area contributed by atoms with Gasteiger partial charge in [0.05, 0.1) is 5.56 Å². The monoisotopic (exact) mass is 433 g/mol. The lowest BCUT2D eigenvalue weighted by Crippen LogP contribution is -2.42. The lowest BCUT2D eigenvalue weighted by Gasteiger charge is -2.15. The summed E-state index contributed by atoms with van der Waals surface area (Å²) in [6.45, 7) is -0.732. The SMILES string of the molecule is O=C(CN1C(=O)S[C@H]([C@@H]2SC(=O)NC2=O)C1=O)Nc1cccc(C(F)(F)F)c1. The summed E-state index contributed by atoms with van der Waals surface area (Å²) in [7, 11) is 0. The van der Waals surface area contributed by atoms with Gasteiger partial charge in [-0.3, -0.25) is 34.2 Å². The normalized spacial score (nSPS) is 22.6. The molecule has 2 atom stereocenters. The molecule has 148 valence electrons. The number of alkyl halides is 3. The van der Waals surface area contributed by atoms with Crippen LogP contribution in [0.2, 0.25) is 0 Å². The predicted molar refractivity (Wildman–Crippen MR) is 93.5 cm³/mol. The molecule has 1 aromatic rings. The average molecular weight is 433 g/mol. The van der Waals surface area contributed by atoms with E-state index in [1.165, 1.54) is 6.07 Å². The Balaban J connectivity index is 1.66. The molecule has 2 aliphatic heterocycles. The van der Waals surface area contributed by atoms with Gasteiger partial charge in [-0.05, 0) is 41.7 Å². The maximum Gasteiger partial charge on any atom is 0.416 e. The van der Waals surface area contributed by atoms with Gasteiger partial charge in [0, 0.05) is 5.69 Å². The van der Waals surface area contributed by atoms with Gasteiger partial charge < -0.3 is 5.32 Å². The van der Waals surface area contributed by atoms with E-state index >= 15 is 0 Å². The molecule has 1 aromatic carbocycles. The molecule has 2 fully saturated rings. The number of rotatable bonds is 4. The van der Waals surface area contributed by atoms with E-state index in [4.69, 9.17) is 0 Å². The summed E-state index contributed by atoms with van der Waals surface area (Å²) in [5.41, 5.74) is -1.12. The molecule has 0 saturated carbocycles. The first kappa shape index (κ1) is 20.2. The molecule has 3 rings (SSSR count). The number of amides is 5. The van der Waals surface area contributed by atoms with Gasteiger partial charge in [0.2, 0.25) is 17.7 Å². The van der Waals surface area contributed by atoms with Crippen LogP contribution in [-0.2, 0) is 20.6 Å². The fourth-order valence-corrected chi connectivity index (χ4v) is 4.59. The largest absolute Gasteiger partial charge is 0.416 e. The van der Waals surface area contributed by atoms with Gasteiger partial charge in [0.15, 0.2) is 0 Å². The Morgan fingerprint density at radius 1 is 1.14 bits per heavy atom.